The van der Waals surface area contributed by atoms with Crippen molar-refractivity contribution in [3.05, 3.63) is 16.1 Å². The molecule has 0 bridgehead atoms. The van der Waals surface area contributed by atoms with Crippen molar-refractivity contribution < 1.29 is 9.53 Å². The van der Waals surface area contributed by atoms with Crippen molar-refractivity contribution in [3.63, 3.8) is 0 Å². The summed E-state index contributed by atoms with van der Waals surface area (Å²) in [5.74, 6) is 0.960. The summed E-state index contributed by atoms with van der Waals surface area (Å²) in [6.07, 6.45) is 4.89. The van der Waals surface area contributed by atoms with Crippen LogP contribution in [0.1, 0.15) is 50.2 Å². The number of carbonyl (C=O) groups excluding carboxylic acids is 1. The number of piperidine rings is 1. The van der Waals surface area contributed by atoms with Crippen molar-refractivity contribution in [2.45, 2.75) is 52.9 Å². The minimum absolute atomic E-state index is 0. The van der Waals surface area contributed by atoms with Crippen molar-refractivity contribution in [1.82, 2.24) is 15.2 Å². The number of ether oxygens (including phenoxy) is 1. The lowest BCUT2D eigenvalue weighted by Gasteiger charge is -2.33. The Morgan fingerprint density at radius 2 is 2.11 bits per heavy atom. The number of carbonyl (C=O) groups is 1. The highest BCUT2D eigenvalue weighted by molar-refractivity contribution is 14.0. The maximum absolute atomic E-state index is 11.9. The molecule has 27 heavy (non-hydrogen) atoms. The number of rotatable bonds is 8. The third kappa shape index (κ3) is 8.33. The Morgan fingerprint density at radius 3 is 2.70 bits per heavy atom. The van der Waals surface area contributed by atoms with E-state index in [9.17, 15) is 4.79 Å². The van der Waals surface area contributed by atoms with Crippen LogP contribution in [0.5, 0.6) is 0 Å². The van der Waals surface area contributed by atoms with Crippen molar-refractivity contribution in [3.8, 4) is 0 Å². The normalized spacial score (nSPS) is 15.4. The first kappa shape index (κ1) is 24.1. The fourth-order valence-corrected chi connectivity index (χ4v) is 3.92. The second-order valence-electron chi connectivity index (χ2n) is 6.59. The largest absolute Gasteiger partial charge is 0.466 e. The first-order valence-electron chi connectivity index (χ1n) is 9.75. The monoisotopic (exact) mass is 508 g/mol. The SMILES string of the molecule is CCNC(=NCCCCc1nc(C)cs1)N1CCC(C(=O)OCC)CC1.I. The van der Waals surface area contributed by atoms with Gasteiger partial charge in [0.15, 0.2) is 5.96 Å². The molecule has 1 N–H and O–H groups in total. The van der Waals surface area contributed by atoms with E-state index in [0.717, 1.165) is 69.9 Å². The zero-order valence-corrected chi connectivity index (χ0v) is 19.8. The molecule has 0 saturated carbocycles. The number of unbranched alkanes of at least 4 members (excludes halogenated alkanes) is 1. The van der Waals surface area contributed by atoms with Gasteiger partial charge in [-0.15, -0.1) is 35.3 Å². The van der Waals surface area contributed by atoms with Crippen molar-refractivity contribution in [2.75, 3.05) is 32.8 Å². The van der Waals surface area contributed by atoms with Crippen LogP contribution in [0.15, 0.2) is 10.4 Å². The van der Waals surface area contributed by atoms with E-state index in [1.54, 1.807) is 11.3 Å². The van der Waals surface area contributed by atoms with Gasteiger partial charge in [-0.25, -0.2) is 4.98 Å². The van der Waals surface area contributed by atoms with Gasteiger partial charge in [0.05, 0.1) is 17.5 Å². The molecule has 1 aliphatic heterocycles. The van der Waals surface area contributed by atoms with Gasteiger partial charge >= 0.3 is 5.97 Å². The van der Waals surface area contributed by atoms with E-state index in [-0.39, 0.29) is 35.9 Å². The lowest BCUT2D eigenvalue weighted by atomic mass is 9.97. The predicted molar refractivity (Wildman–Crippen MR) is 122 cm³/mol. The molecule has 1 aromatic heterocycles. The second kappa shape index (κ2) is 13.3. The molecule has 0 aliphatic carbocycles. The molecular formula is C19H33IN4O2S. The third-order valence-electron chi connectivity index (χ3n) is 4.48. The van der Waals surface area contributed by atoms with Gasteiger partial charge in [-0.1, -0.05) is 0 Å². The average molecular weight is 508 g/mol. The maximum atomic E-state index is 11.9. The number of esters is 1. The van der Waals surface area contributed by atoms with Crippen LogP contribution in [0.25, 0.3) is 0 Å². The van der Waals surface area contributed by atoms with Crippen molar-refractivity contribution in [2.24, 2.45) is 10.9 Å². The minimum Gasteiger partial charge on any atom is -0.466 e. The molecule has 2 rings (SSSR count). The molecule has 0 radical (unpaired) electrons. The van der Waals surface area contributed by atoms with E-state index in [1.165, 1.54) is 5.01 Å². The van der Waals surface area contributed by atoms with Crippen molar-refractivity contribution >= 4 is 47.2 Å². The van der Waals surface area contributed by atoms with Crippen LogP contribution in [0.3, 0.4) is 0 Å². The summed E-state index contributed by atoms with van der Waals surface area (Å²) in [7, 11) is 0. The molecule has 0 aromatic carbocycles. The molecular weight excluding hydrogens is 475 g/mol. The van der Waals surface area contributed by atoms with Crippen LogP contribution >= 0.6 is 35.3 Å². The number of aromatic nitrogens is 1. The highest BCUT2D eigenvalue weighted by atomic mass is 127. The Kier molecular flexibility index (Phi) is 11.9. The molecule has 0 spiro atoms. The molecule has 1 aromatic rings. The van der Waals surface area contributed by atoms with Gasteiger partial charge in [0.2, 0.25) is 0 Å². The molecule has 154 valence electrons. The third-order valence-corrected chi connectivity index (χ3v) is 5.50. The summed E-state index contributed by atoms with van der Waals surface area (Å²) in [4.78, 5) is 23.4. The summed E-state index contributed by atoms with van der Waals surface area (Å²) >= 11 is 1.75. The lowest BCUT2D eigenvalue weighted by molar-refractivity contribution is -0.149. The van der Waals surface area contributed by atoms with Gasteiger partial charge < -0.3 is 15.0 Å². The number of guanidine groups is 1. The van der Waals surface area contributed by atoms with E-state index < -0.39 is 0 Å². The summed E-state index contributed by atoms with van der Waals surface area (Å²) in [5.41, 5.74) is 1.11. The van der Waals surface area contributed by atoms with Crippen LogP contribution in [0.4, 0.5) is 0 Å². The number of thiazole rings is 1. The molecule has 0 atom stereocenters. The van der Waals surface area contributed by atoms with Gasteiger partial charge in [-0.2, -0.15) is 0 Å². The van der Waals surface area contributed by atoms with E-state index in [1.807, 2.05) is 13.8 Å². The number of halogens is 1. The van der Waals surface area contributed by atoms with Crippen molar-refractivity contribution in [1.29, 1.82) is 0 Å². The fourth-order valence-electron chi connectivity index (χ4n) is 3.10. The molecule has 1 saturated heterocycles. The first-order chi connectivity index (χ1) is 12.6. The van der Waals surface area contributed by atoms with Gasteiger partial charge in [0.1, 0.15) is 0 Å². The summed E-state index contributed by atoms with van der Waals surface area (Å²) in [6.45, 7) is 9.84. The number of hydrogen-bond acceptors (Lipinski definition) is 5. The maximum Gasteiger partial charge on any atom is 0.309 e. The van der Waals surface area contributed by atoms with Crippen LogP contribution in [0, 0.1) is 12.8 Å². The Hall–Kier alpha value is -0.900. The van der Waals surface area contributed by atoms with E-state index in [0.29, 0.717) is 6.61 Å². The van der Waals surface area contributed by atoms with Gasteiger partial charge in [-0.3, -0.25) is 9.79 Å². The predicted octanol–water partition coefficient (Wildman–Crippen LogP) is 3.63. The van der Waals surface area contributed by atoms with Gasteiger partial charge in [0, 0.05) is 37.3 Å². The first-order valence-corrected chi connectivity index (χ1v) is 10.6. The zero-order valence-electron chi connectivity index (χ0n) is 16.7. The Balaban J connectivity index is 0.00000364. The topological polar surface area (TPSA) is 66.8 Å². The smallest absolute Gasteiger partial charge is 0.309 e. The highest BCUT2D eigenvalue weighted by Gasteiger charge is 2.27. The summed E-state index contributed by atoms with van der Waals surface area (Å²) < 4.78 is 5.15. The lowest BCUT2D eigenvalue weighted by Crippen LogP contribution is -2.46. The molecule has 2 heterocycles. The molecule has 6 nitrogen and oxygen atoms in total. The quantitative estimate of drug-likeness (QED) is 0.191. The van der Waals surface area contributed by atoms with Gasteiger partial charge in [-0.05, 0) is 52.9 Å². The molecule has 0 unspecified atom stereocenters. The standard InChI is InChI=1S/C19H32N4O2S.HI/c1-4-20-19(21-11-7-6-8-17-22-15(3)14-26-17)23-12-9-16(10-13-23)18(24)25-5-2;/h14,16H,4-13H2,1-3H3,(H,20,21);1H. The number of likely N-dealkylation sites (tertiary alicyclic amines) is 1. The Bertz CT molecular complexity index is 586. The van der Waals surface area contributed by atoms with Crippen LogP contribution in [0.2, 0.25) is 0 Å². The number of hydrogen-bond donors (Lipinski definition) is 1. The van der Waals surface area contributed by atoms with Crippen LogP contribution in [-0.4, -0.2) is 54.6 Å². The Morgan fingerprint density at radius 1 is 1.37 bits per heavy atom. The van der Waals surface area contributed by atoms with E-state index >= 15 is 0 Å². The molecule has 0 amide bonds. The average Bonchev–Trinajstić information content (AvgIpc) is 3.06. The van der Waals surface area contributed by atoms with Crippen LogP contribution in [-0.2, 0) is 16.0 Å². The van der Waals surface area contributed by atoms with E-state index in [4.69, 9.17) is 9.73 Å². The number of aryl methyl sites for hydroxylation is 2. The zero-order chi connectivity index (χ0) is 18.8. The highest BCUT2D eigenvalue weighted by Crippen LogP contribution is 2.19. The number of nitrogens with one attached hydrogen (secondary N) is 1. The van der Waals surface area contributed by atoms with Crippen LogP contribution < -0.4 is 5.32 Å². The summed E-state index contributed by atoms with van der Waals surface area (Å²) in [6, 6.07) is 0. The Labute approximate surface area is 184 Å². The van der Waals surface area contributed by atoms with Gasteiger partial charge in [0.25, 0.3) is 0 Å². The number of aliphatic imine (C=N–C) groups is 1. The number of nitrogens with zero attached hydrogens (tertiary/aromatic N) is 3. The fraction of sp³-hybridized carbons (Fsp3) is 0.737. The van der Waals surface area contributed by atoms with E-state index in [2.05, 4.69) is 27.5 Å². The second-order valence-corrected chi connectivity index (χ2v) is 7.53. The molecule has 1 aliphatic rings. The molecule has 1 fully saturated rings. The summed E-state index contributed by atoms with van der Waals surface area (Å²) in [5, 5.41) is 6.71. The minimum atomic E-state index is -0.0495. The molecule has 8 heteroatoms.